The lowest BCUT2D eigenvalue weighted by Crippen LogP contribution is -2.59. The van der Waals surface area contributed by atoms with E-state index in [1.54, 1.807) is 0 Å². The molecule has 0 aromatic heterocycles. The normalized spacial score (nSPS) is 41.5. The Balaban J connectivity index is 1.79. The third-order valence-corrected chi connectivity index (χ3v) is 5.18. The first-order valence-electron chi connectivity index (χ1n) is 7.33. The Morgan fingerprint density at radius 3 is 2.68 bits per heavy atom. The molecule has 5 nitrogen and oxygen atoms in total. The first-order chi connectivity index (χ1) is 9.03. The highest BCUT2D eigenvalue weighted by atomic mass is 16.4. The van der Waals surface area contributed by atoms with E-state index in [1.165, 1.54) is 0 Å². The molecule has 2 N–H and O–H groups in total. The summed E-state index contributed by atoms with van der Waals surface area (Å²) >= 11 is 0. The number of hydrogen-bond acceptors (Lipinski definition) is 3. The van der Waals surface area contributed by atoms with Crippen LogP contribution >= 0.6 is 0 Å². The third-order valence-electron chi connectivity index (χ3n) is 5.18. The summed E-state index contributed by atoms with van der Waals surface area (Å²) in [7, 11) is 0. The van der Waals surface area contributed by atoms with Crippen molar-refractivity contribution in [1.29, 1.82) is 0 Å². The molecule has 4 unspecified atom stereocenters. The second-order valence-corrected chi connectivity index (χ2v) is 6.41. The zero-order valence-corrected chi connectivity index (χ0v) is 11.4. The number of nitrogens with one attached hydrogen (secondary N) is 1. The highest BCUT2D eigenvalue weighted by Gasteiger charge is 2.54. The van der Waals surface area contributed by atoms with Gasteiger partial charge >= 0.3 is 5.97 Å². The lowest BCUT2D eigenvalue weighted by Gasteiger charge is -2.38. The molecule has 3 rings (SSSR count). The molecule has 106 valence electrons. The van der Waals surface area contributed by atoms with Crippen molar-refractivity contribution < 1.29 is 14.7 Å². The monoisotopic (exact) mass is 266 g/mol. The summed E-state index contributed by atoms with van der Waals surface area (Å²) in [6.07, 6.45) is 5.51. The molecule has 3 aliphatic heterocycles. The van der Waals surface area contributed by atoms with Gasteiger partial charge in [0, 0.05) is 12.1 Å². The number of carboxylic acids is 1. The van der Waals surface area contributed by atoms with E-state index in [0.29, 0.717) is 6.42 Å². The van der Waals surface area contributed by atoms with Gasteiger partial charge in [-0.05, 0) is 52.0 Å². The van der Waals surface area contributed by atoms with Crippen LogP contribution in [-0.4, -0.2) is 46.1 Å². The number of carbonyl (C=O) groups excluding carboxylic acids is 1. The minimum Gasteiger partial charge on any atom is -0.481 e. The van der Waals surface area contributed by atoms with E-state index < -0.39 is 11.5 Å². The molecule has 0 saturated carbocycles. The van der Waals surface area contributed by atoms with Gasteiger partial charge in [0.15, 0.2) is 0 Å². The molecular weight excluding hydrogens is 244 g/mol. The van der Waals surface area contributed by atoms with Gasteiger partial charge < -0.3 is 15.3 Å². The minimum absolute atomic E-state index is 0.0736. The Morgan fingerprint density at radius 1 is 1.32 bits per heavy atom. The van der Waals surface area contributed by atoms with Crippen LogP contribution < -0.4 is 5.32 Å². The van der Waals surface area contributed by atoms with Gasteiger partial charge in [-0.2, -0.15) is 0 Å². The van der Waals surface area contributed by atoms with Crippen LogP contribution in [0.1, 0.15) is 45.4 Å². The van der Waals surface area contributed by atoms with Crippen molar-refractivity contribution in [3.63, 3.8) is 0 Å². The molecule has 0 aliphatic carbocycles. The smallest absolute Gasteiger partial charge is 0.308 e. The number of carbonyl (C=O) groups is 2. The average Bonchev–Trinajstić information content (AvgIpc) is 2.96. The van der Waals surface area contributed by atoms with Gasteiger partial charge in [-0.3, -0.25) is 9.59 Å². The van der Waals surface area contributed by atoms with E-state index in [4.69, 9.17) is 0 Å². The van der Waals surface area contributed by atoms with Crippen LogP contribution in [0.2, 0.25) is 0 Å². The van der Waals surface area contributed by atoms with Crippen molar-refractivity contribution in [2.45, 2.75) is 63.1 Å². The van der Waals surface area contributed by atoms with Crippen molar-refractivity contribution in [2.75, 3.05) is 6.54 Å². The van der Waals surface area contributed by atoms with E-state index in [0.717, 1.165) is 38.6 Å². The zero-order chi connectivity index (χ0) is 13.6. The lowest BCUT2D eigenvalue weighted by molar-refractivity contribution is -0.144. The van der Waals surface area contributed by atoms with Crippen LogP contribution in [0.4, 0.5) is 0 Å². The van der Waals surface area contributed by atoms with Gasteiger partial charge in [0.05, 0.1) is 11.5 Å². The lowest BCUT2D eigenvalue weighted by atomic mass is 9.88. The quantitative estimate of drug-likeness (QED) is 0.782. The first kappa shape index (κ1) is 12.9. The number of fused-ring (bicyclic) bond motifs is 2. The predicted molar refractivity (Wildman–Crippen MR) is 69.7 cm³/mol. The largest absolute Gasteiger partial charge is 0.481 e. The predicted octanol–water partition coefficient (Wildman–Crippen LogP) is 0.983. The van der Waals surface area contributed by atoms with Crippen LogP contribution in [0.25, 0.3) is 0 Å². The minimum atomic E-state index is -0.744. The topological polar surface area (TPSA) is 69.6 Å². The van der Waals surface area contributed by atoms with Gasteiger partial charge in [0.1, 0.15) is 0 Å². The number of hydrogen-bond donors (Lipinski definition) is 2. The van der Waals surface area contributed by atoms with E-state index in [2.05, 4.69) is 5.32 Å². The number of aliphatic carboxylic acids is 1. The number of amides is 1. The summed E-state index contributed by atoms with van der Waals surface area (Å²) in [5, 5.41) is 12.6. The molecule has 4 atom stereocenters. The van der Waals surface area contributed by atoms with Gasteiger partial charge in [0.2, 0.25) is 5.91 Å². The van der Waals surface area contributed by atoms with Crippen molar-refractivity contribution in [2.24, 2.45) is 5.92 Å². The number of rotatable bonds is 2. The first-order valence-corrected chi connectivity index (χ1v) is 7.33. The van der Waals surface area contributed by atoms with Crippen LogP contribution in [0.15, 0.2) is 0 Å². The van der Waals surface area contributed by atoms with Crippen molar-refractivity contribution >= 4 is 11.9 Å². The molecule has 3 heterocycles. The van der Waals surface area contributed by atoms with Crippen molar-refractivity contribution in [3.8, 4) is 0 Å². The summed E-state index contributed by atoms with van der Waals surface area (Å²) < 4.78 is 0. The third kappa shape index (κ3) is 1.95. The summed E-state index contributed by atoms with van der Waals surface area (Å²) in [6.45, 7) is 2.86. The standard InChI is InChI=1S/C14H22N2O3/c1-14(6-2-3-7-15-14)13(19)16-9-4-5-11(16)10(8-9)12(17)18/h9-11,15H,2-8H2,1H3,(H,17,18). The van der Waals surface area contributed by atoms with Crippen LogP contribution in [0, 0.1) is 5.92 Å². The Bertz CT molecular complexity index is 403. The molecule has 0 aromatic rings. The van der Waals surface area contributed by atoms with Crippen LogP contribution in [0.5, 0.6) is 0 Å². The molecule has 0 aromatic carbocycles. The Morgan fingerprint density at radius 2 is 2.11 bits per heavy atom. The average molecular weight is 266 g/mol. The fraction of sp³-hybridized carbons (Fsp3) is 0.857. The molecule has 5 heteroatoms. The van der Waals surface area contributed by atoms with Gasteiger partial charge in [-0.1, -0.05) is 0 Å². The second kappa shape index (κ2) is 4.47. The van der Waals surface area contributed by atoms with Gasteiger partial charge in [0.25, 0.3) is 0 Å². The zero-order valence-electron chi connectivity index (χ0n) is 11.4. The second-order valence-electron chi connectivity index (χ2n) is 6.41. The molecule has 0 spiro atoms. The van der Waals surface area contributed by atoms with Crippen LogP contribution in [-0.2, 0) is 9.59 Å². The highest BCUT2D eigenvalue weighted by Crippen LogP contribution is 2.43. The SMILES string of the molecule is CC1(C(=O)N2C3CCC2C(C(=O)O)C3)CCCCN1. The summed E-state index contributed by atoms with van der Waals surface area (Å²) in [5.41, 5.74) is -0.480. The van der Waals surface area contributed by atoms with E-state index in [1.807, 2.05) is 11.8 Å². The molecule has 2 bridgehead atoms. The number of carboxylic acid groups (broad SMARTS) is 1. The van der Waals surface area contributed by atoms with E-state index >= 15 is 0 Å². The van der Waals surface area contributed by atoms with E-state index in [9.17, 15) is 14.7 Å². The van der Waals surface area contributed by atoms with Gasteiger partial charge in [-0.25, -0.2) is 0 Å². The molecule has 19 heavy (non-hydrogen) atoms. The molecule has 1 amide bonds. The van der Waals surface area contributed by atoms with Gasteiger partial charge in [-0.15, -0.1) is 0 Å². The number of nitrogens with zero attached hydrogens (tertiary/aromatic N) is 1. The van der Waals surface area contributed by atoms with Crippen molar-refractivity contribution in [3.05, 3.63) is 0 Å². The summed E-state index contributed by atoms with van der Waals surface area (Å²) in [5.74, 6) is -0.968. The van der Waals surface area contributed by atoms with E-state index in [-0.39, 0.29) is 23.9 Å². The molecule has 3 fully saturated rings. The van der Waals surface area contributed by atoms with Crippen LogP contribution in [0.3, 0.4) is 0 Å². The fourth-order valence-corrected chi connectivity index (χ4v) is 4.09. The molecule has 3 aliphatic rings. The summed E-state index contributed by atoms with van der Waals surface area (Å²) in [4.78, 5) is 26.0. The Kier molecular flexibility index (Phi) is 3.04. The maximum atomic E-state index is 12.8. The maximum absolute atomic E-state index is 12.8. The van der Waals surface area contributed by atoms with Crippen molar-refractivity contribution in [1.82, 2.24) is 10.2 Å². The Labute approximate surface area is 113 Å². The Hall–Kier alpha value is -1.10. The molecular formula is C14H22N2O3. The highest BCUT2D eigenvalue weighted by molar-refractivity contribution is 5.88. The molecule has 0 radical (unpaired) electrons. The number of piperidine rings is 1. The molecule has 3 saturated heterocycles. The maximum Gasteiger partial charge on any atom is 0.308 e. The fourth-order valence-electron chi connectivity index (χ4n) is 4.09. The summed E-state index contributed by atoms with van der Waals surface area (Å²) in [6, 6.07) is 0.0784.